The van der Waals surface area contributed by atoms with E-state index in [4.69, 9.17) is 10.8 Å². The Hall–Kier alpha value is -2.63. The first-order valence-corrected chi connectivity index (χ1v) is 11.4. The van der Waals surface area contributed by atoms with Crippen LogP contribution in [0.5, 0.6) is 0 Å². The first-order chi connectivity index (χ1) is 15.0. The van der Waals surface area contributed by atoms with Gasteiger partial charge in [-0.25, -0.2) is 4.79 Å². The second-order valence-corrected chi connectivity index (χ2v) is 7.44. The van der Waals surface area contributed by atoms with Gasteiger partial charge in [0.05, 0.1) is 0 Å². The van der Waals surface area contributed by atoms with E-state index in [1.807, 2.05) is 6.08 Å². The lowest BCUT2D eigenvalue weighted by molar-refractivity contribution is -0.142. The van der Waals surface area contributed by atoms with Crippen molar-refractivity contribution in [2.75, 3.05) is 0 Å². The predicted molar refractivity (Wildman–Crippen MR) is 126 cm³/mol. The Balaban J connectivity index is 3.77. The van der Waals surface area contributed by atoms with Gasteiger partial charge in [0.25, 0.3) is 0 Å². The van der Waals surface area contributed by atoms with E-state index in [0.717, 1.165) is 25.7 Å². The van der Waals surface area contributed by atoms with Crippen LogP contribution in [-0.4, -0.2) is 28.9 Å². The van der Waals surface area contributed by atoms with Crippen LogP contribution >= 0.6 is 0 Å². The molecule has 0 unspecified atom stereocenters. The predicted octanol–water partition coefficient (Wildman–Crippen LogP) is 4.97. The van der Waals surface area contributed by atoms with Crippen LogP contribution in [0.15, 0.2) is 48.6 Å². The fourth-order valence-corrected chi connectivity index (χ4v) is 2.75. The van der Waals surface area contributed by atoms with Crippen molar-refractivity contribution in [3.8, 4) is 0 Å². The molecule has 0 fully saturated rings. The highest BCUT2D eigenvalue weighted by Crippen LogP contribution is 2.03. The highest BCUT2D eigenvalue weighted by molar-refractivity contribution is 5.84. The number of carboxylic acid groups (broad SMARTS) is 1. The summed E-state index contributed by atoms with van der Waals surface area (Å²) in [5.74, 6) is -2.07. The molecule has 0 aliphatic rings. The number of nitrogens with one attached hydrogen (secondary N) is 1. The average molecular weight is 433 g/mol. The zero-order valence-electron chi connectivity index (χ0n) is 18.9. The number of hydrogen-bond donors (Lipinski definition) is 3. The van der Waals surface area contributed by atoms with E-state index in [1.165, 1.54) is 25.7 Å². The number of carbonyl (C=O) groups is 3. The second kappa shape index (κ2) is 20.6. The minimum absolute atomic E-state index is 0.00752. The van der Waals surface area contributed by atoms with Gasteiger partial charge >= 0.3 is 5.97 Å². The van der Waals surface area contributed by atoms with E-state index in [-0.39, 0.29) is 25.2 Å². The third-order valence-electron chi connectivity index (χ3n) is 4.54. The van der Waals surface area contributed by atoms with Crippen LogP contribution in [0.2, 0.25) is 0 Å². The standard InChI is InChI=1S/C25H40N2O4/c1-2-3-4-5-6-7-8-9-10-11-12-13-14-15-16-17-18-19-24(29)27-22(25(30)31)20-21-23(26)28/h6-7,9-10,12-13,15-16,22H,2-5,8,11,14,17-21H2,1H3,(H2,26,28)(H,27,29)(H,30,31)/t22-/m0/s1. The largest absolute Gasteiger partial charge is 0.480 e. The number of amides is 2. The Morgan fingerprint density at radius 1 is 0.806 bits per heavy atom. The average Bonchev–Trinajstić information content (AvgIpc) is 2.73. The maximum absolute atomic E-state index is 11.8. The highest BCUT2D eigenvalue weighted by Gasteiger charge is 2.19. The Bertz CT molecular complexity index is 621. The van der Waals surface area contributed by atoms with Crippen LogP contribution in [0, 0.1) is 0 Å². The van der Waals surface area contributed by atoms with E-state index in [1.54, 1.807) is 0 Å². The van der Waals surface area contributed by atoms with Crippen molar-refractivity contribution >= 4 is 17.8 Å². The summed E-state index contributed by atoms with van der Waals surface area (Å²) >= 11 is 0. The van der Waals surface area contributed by atoms with Crippen LogP contribution in [-0.2, 0) is 14.4 Å². The number of aliphatic carboxylic acids is 1. The van der Waals surface area contributed by atoms with Gasteiger partial charge in [0, 0.05) is 12.8 Å². The number of nitrogens with two attached hydrogens (primary N) is 1. The van der Waals surface area contributed by atoms with Crippen molar-refractivity contribution in [1.82, 2.24) is 5.32 Å². The number of primary amides is 1. The summed E-state index contributed by atoms with van der Waals surface area (Å²) in [6, 6.07) is -1.07. The first kappa shape index (κ1) is 28.4. The molecule has 0 aliphatic heterocycles. The van der Waals surface area contributed by atoms with Gasteiger partial charge in [-0.05, 0) is 51.4 Å². The molecule has 0 spiro atoms. The minimum atomic E-state index is -1.16. The third-order valence-corrected chi connectivity index (χ3v) is 4.54. The Labute approximate surface area is 187 Å². The van der Waals surface area contributed by atoms with Gasteiger partial charge < -0.3 is 16.2 Å². The molecular weight excluding hydrogens is 392 g/mol. The molecule has 6 heteroatoms. The van der Waals surface area contributed by atoms with Gasteiger partial charge in [0.1, 0.15) is 6.04 Å². The summed E-state index contributed by atoms with van der Waals surface area (Å²) in [7, 11) is 0. The Kier molecular flexibility index (Phi) is 18.9. The number of unbranched alkanes of at least 4 members (excludes halogenated alkanes) is 4. The molecular formula is C25H40N2O4. The fraction of sp³-hybridized carbons (Fsp3) is 0.560. The summed E-state index contributed by atoms with van der Waals surface area (Å²) in [5.41, 5.74) is 5.02. The second-order valence-electron chi connectivity index (χ2n) is 7.44. The van der Waals surface area contributed by atoms with Crippen molar-refractivity contribution in [2.24, 2.45) is 5.73 Å². The molecule has 0 aromatic rings. The lowest BCUT2D eigenvalue weighted by Gasteiger charge is -2.13. The van der Waals surface area contributed by atoms with Gasteiger partial charge in [-0.1, -0.05) is 68.4 Å². The van der Waals surface area contributed by atoms with Crippen LogP contribution < -0.4 is 11.1 Å². The lowest BCUT2D eigenvalue weighted by Crippen LogP contribution is -2.41. The Morgan fingerprint density at radius 2 is 1.32 bits per heavy atom. The molecule has 0 aliphatic carbocycles. The number of carboxylic acids is 1. The fourth-order valence-electron chi connectivity index (χ4n) is 2.75. The summed E-state index contributed by atoms with van der Waals surface area (Å²) in [6.07, 6.45) is 26.6. The van der Waals surface area contributed by atoms with E-state index in [2.05, 4.69) is 54.8 Å². The monoisotopic (exact) mass is 432 g/mol. The van der Waals surface area contributed by atoms with Crippen molar-refractivity contribution < 1.29 is 19.5 Å². The number of carbonyl (C=O) groups excluding carboxylic acids is 2. The molecule has 174 valence electrons. The van der Waals surface area contributed by atoms with E-state index >= 15 is 0 Å². The quantitative estimate of drug-likeness (QED) is 0.198. The van der Waals surface area contributed by atoms with Gasteiger partial charge in [-0.3, -0.25) is 9.59 Å². The van der Waals surface area contributed by atoms with Crippen molar-refractivity contribution in [3.05, 3.63) is 48.6 Å². The van der Waals surface area contributed by atoms with Crippen molar-refractivity contribution in [2.45, 2.75) is 90.0 Å². The molecule has 0 saturated heterocycles. The van der Waals surface area contributed by atoms with Crippen LogP contribution in [0.4, 0.5) is 0 Å². The number of allylic oxidation sites excluding steroid dienone is 8. The summed E-state index contributed by atoms with van der Waals surface area (Å²) < 4.78 is 0. The maximum atomic E-state index is 11.8. The van der Waals surface area contributed by atoms with Crippen molar-refractivity contribution in [1.29, 1.82) is 0 Å². The normalized spacial score (nSPS) is 12.9. The van der Waals surface area contributed by atoms with Gasteiger partial charge in [0.15, 0.2) is 0 Å². The molecule has 0 saturated carbocycles. The number of hydrogen-bond acceptors (Lipinski definition) is 3. The zero-order valence-corrected chi connectivity index (χ0v) is 18.9. The first-order valence-electron chi connectivity index (χ1n) is 11.4. The summed E-state index contributed by atoms with van der Waals surface area (Å²) in [4.78, 5) is 33.7. The molecule has 0 bridgehead atoms. The molecule has 0 heterocycles. The van der Waals surface area contributed by atoms with E-state index in [9.17, 15) is 14.4 Å². The molecule has 31 heavy (non-hydrogen) atoms. The molecule has 1 atom stereocenters. The topological polar surface area (TPSA) is 109 Å². The van der Waals surface area contributed by atoms with E-state index < -0.39 is 17.9 Å². The molecule has 0 rings (SSSR count). The van der Waals surface area contributed by atoms with Gasteiger partial charge in [0.2, 0.25) is 11.8 Å². The molecule has 0 aromatic carbocycles. The smallest absolute Gasteiger partial charge is 0.326 e. The molecule has 0 aromatic heterocycles. The molecule has 4 N–H and O–H groups in total. The van der Waals surface area contributed by atoms with E-state index in [0.29, 0.717) is 6.42 Å². The minimum Gasteiger partial charge on any atom is -0.480 e. The third kappa shape index (κ3) is 20.4. The summed E-state index contributed by atoms with van der Waals surface area (Å²) in [5, 5.41) is 11.5. The molecule has 0 radical (unpaired) electrons. The number of rotatable bonds is 19. The van der Waals surface area contributed by atoms with Crippen LogP contribution in [0.3, 0.4) is 0 Å². The highest BCUT2D eigenvalue weighted by atomic mass is 16.4. The lowest BCUT2D eigenvalue weighted by atomic mass is 10.1. The van der Waals surface area contributed by atoms with Crippen LogP contribution in [0.1, 0.15) is 84.0 Å². The maximum Gasteiger partial charge on any atom is 0.326 e. The van der Waals surface area contributed by atoms with Crippen molar-refractivity contribution in [3.63, 3.8) is 0 Å². The SMILES string of the molecule is CCCCCC=CCC=CCC=CCC=CCCCC(=O)N[C@@H](CCC(N)=O)C(=O)O. The molecule has 2 amide bonds. The Morgan fingerprint density at radius 3 is 1.81 bits per heavy atom. The van der Waals surface area contributed by atoms with Crippen LogP contribution in [0.25, 0.3) is 0 Å². The zero-order chi connectivity index (χ0) is 23.2. The van der Waals surface area contributed by atoms with Gasteiger partial charge in [-0.15, -0.1) is 0 Å². The molecule has 6 nitrogen and oxygen atoms in total. The summed E-state index contributed by atoms with van der Waals surface area (Å²) in [6.45, 7) is 2.22. The van der Waals surface area contributed by atoms with Gasteiger partial charge in [-0.2, -0.15) is 0 Å².